The van der Waals surface area contributed by atoms with Crippen LogP contribution in [0.1, 0.15) is 42.9 Å². The third-order valence-electron chi connectivity index (χ3n) is 6.82. The quantitative estimate of drug-likeness (QED) is 0.638. The highest BCUT2D eigenvalue weighted by atomic mass is 19.4. The lowest BCUT2D eigenvalue weighted by atomic mass is 9.90. The summed E-state index contributed by atoms with van der Waals surface area (Å²) in [5.74, 6) is -0.195. The molecule has 1 atom stereocenters. The minimum absolute atomic E-state index is 0.0289. The molecular formula is C26H29F3N2O. The molecule has 170 valence electrons. The summed E-state index contributed by atoms with van der Waals surface area (Å²) in [6.07, 6.45) is 0.552. The first-order chi connectivity index (χ1) is 15.3. The van der Waals surface area contributed by atoms with Crippen LogP contribution in [0.25, 0.3) is 6.08 Å². The molecule has 3 nitrogen and oxygen atoms in total. The largest absolute Gasteiger partial charge is 0.416 e. The van der Waals surface area contributed by atoms with Gasteiger partial charge in [-0.3, -0.25) is 9.69 Å². The number of amides is 1. The van der Waals surface area contributed by atoms with Crippen molar-refractivity contribution >= 4 is 12.0 Å². The summed E-state index contributed by atoms with van der Waals surface area (Å²) >= 11 is 0. The Bertz CT molecular complexity index is 976. The second-order valence-electron chi connectivity index (χ2n) is 9.17. The van der Waals surface area contributed by atoms with Crippen LogP contribution in [0.15, 0.2) is 60.2 Å². The molecule has 1 amide bonds. The number of halogens is 3. The molecule has 2 aliphatic rings. The van der Waals surface area contributed by atoms with E-state index in [1.165, 1.54) is 23.3 Å². The summed E-state index contributed by atoms with van der Waals surface area (Å²) in [6.45, 7) is 4.86. The molecule has 4 rings (SSSR count). The molecule has 0 radical (unpaired) electrons. The topological polar surface area (TPSA) is 32.3 Å². The molecule has 1 N–H and O–H groups in total. The summed E-state index contributed by atoms with van der Waals surface area (Å²) < 4.78 is 39.5. The minimum Gasteiger partial charge on any atom is -0.352 e. The van der Waals surface area contributed by atoms with Crippen molar-refractivity contribution in [1.82, 2.24) is 10.2 Å². The van der Waals surface area contributed by atoms with E-state index in [-0.39, 0.29) is 29.3 Å². The van der Waals surface area contributed by atoms with E-state index in [1.54, 1.807) is 6.07 Å². The maximum atomic E-state index is 13.2. The fourth-order valence-electron chi connectivity index (χ4n) is 4.92. The lowest BCUT2D eigenvalue weighted by Crippen LogP contribution is -2.37. The SMILES string of the molecule is CC(=Cc1ccccc1)CN1CCC2(CC1)CC2C(=O)NCc1ccccc1C(F)(F)F. The van der Waals surface area contributed by atoms with Crippen molar-refractivity contribution in [2.75, 3.05) is 19.6 Å². The van der Waals surface area contributed by atoms with Crippen LogP contribution >= 0.6 is 0 Å². The van der Waals surface area contributed by atoms with E-state index in [0.29, 0.717) is 0 Å². The van der Waals surface area contributed by atoms with Gasteiger partial charge >= 0.3 is 6.18 Å². The second kappa shape index (κ2) is 9.10. The molecule has 2 aromatic rings. The molecule has 0 aromatic heterocycles. The number of rotatable bonds is 6. The van der Waals surface area contributed by atoms with Crippen LogP contribution in [-0.2, 0) is 17.5 Å². The van der Waals surface area contributed by atoms with Gasteiger partial charge in [-0.25, -0.2) is 0 Å². The van der Waals surface area contributed by atoms with E-state index >= 15 is 0 Å². The summed E-state index contributed by atoms with van der Waals surface area (Å²) in [4.78, 5) is 15.1. The predicted octanol–water partition coefficient (Wildman–Crippen LogP) is 5.53. The molecule has 1 saturated carbocycles. The molecule has 0 bridgehead atoms. The standard InChI is InChI=1S/C26H29F3N2O/c1-19(15-20-7-3-2-4-8-20)18-31-13-11-25(12-14-31)16-23(25)24(32)30-17-21-9-5-6-10-22(21)26(27,28)29/h2-10,15,23H,11-14,16-18H2,1H3,(H,30,32). The highest BCUT2D eigenvalue weighted by Gasteiger charge is 2.58. The maximum Gasteiger partial charge on any atom is 0.416 e. The van der Waals surface area contributed by atoms with Gasteiger partial charge in [-0.05, 0) is 61.9 Å². The van der Waals surface area contributed by atoms with Gasteiger partial charge in [0.2, 0.25) is 5.91 Å². The summed E-state index contributed by atoms with van der Waals surface area (Å²) in [7, 11) is 0. The Morgan fingerprint density at radius 3 is 2.44 bits per heavy atom. The van der Waals surface area contributed by atoms with E-state index in [2.05, 4.69) is 35.3 Å². The van der Waals surface area contributed by atoms with Gasteiger partial charge in [0, 0.05) is 19.0 Å². The molecule has 6 heteroatoms. The molecule has 2 fully saturated rings. The van der Waals surface area contributed by atoms with Gasteiger partial charge < -0.3 is 5.32 Å². The Kier molecular flexibility index (Phi) is 6.42. The molecule has 1 unspecified atom stereocenters. The third-order valence-corrected chi connectivity index (χ3v) is 6.82. The van der Waals surface area contributed by atoms with Crippen molar-refractivity contribution < 1.29 is 18.0 Å². The molecule has 1 spiro atoms. The van der Waals surface area contributed by atoms with Crippen LogP contribution < -0.4 is 5.32 Å². The number of nitrogens with one attached hydrogen (secondary N) is 1. The number of piperidine rings is 1. The van der Waals surface area contributed by atoms with Gasteiger partial charge in [0.1, 0.15) is 0 Å². The zero-order chi connectivity index (χ0) is 22.8. The molecule has 1 aliphatic carbocycles. The Balaban J connectivity index is 1.26. The lowest BCUT2D eigenvalue weighted by molar-refractivity contribution is -0.138. The second-order valence-corrected chi connectivity index (χ2v) is 9.17. The van der Waals surface area contributed by atoms with Crippen molar-refractivity contribution in [2.24, 2.45) is 11.3 Å². The Morgan fingerprint density at radius 2 is 1.75 bits per heavy atom. The van der Waals surface area contributed by atoms with Crippen LogP contribution in [0.3, 0.4) is 0 Å². The first-order valence-electron chi connectivity index (χ1n) is 11.1. The Morgan fingerprint density at radius 1 is 1.09 bits per heavy atom. The number of hydrogen-bond donors (Lipinski definition) is 1. The summed E-state index contributed by atoms with van der Waals surface area (Å²) in [5, 5.41) is 2.75. The van der Waals surface area contributed by atoms with Gasteiger partial charge in [-0.1, -0.05) is 60.2 Å². The molecular weight excluding hydrogens is 413 g/mol. The van der Waals surface area contributed by atoms with E-state index in [4.69, 9.17) is 0 Å². The number of alkyl halides is 3. The zero-order valence-corrected chi connectivity index (χ0v) is 18.3. The number of likely N-dealkylation sites (tertiary alicyclic amines) is 1. The Hall–Kier alpha value is -2.60. The van der Waals surface area contributed by atoms with Crippen molar-refractivity contribution in [2.45, 2.75) is 38.9 Å². The van der Waals surface area contributed by atoms with Crippen molar-refractivity contribution in [3.63, 3.8) is 0 Å². The van der Waals surface area contributed by atoms with Crippen molar-refractivity contribution in [3.05, 3.63) is 76.9 Å². The smallest absolute Gasteiger partial charge is 0.352 e. The third kappa shape index (κ3) is 5.23. The summed E-state index contributed by atoms with van der Waals surface area (Å²) in [5.41, 5.74) is 1.96. The molecule has 32 heavy (non-hydrogen) atoms. The zero-order valence-electron chi connectivity index (χ0n) is 18.3. The van der Waals surface area contributed by atoms with Gasteiger partial charge in [0.05, 0.1) is 5.56 Å². The maximum absolute atomic E-state index is 13.2. The number of carbonyl (C=O) groups is 1. The van der Waals surface area contributed by atoms with Crippen molar-refractivity contribution in [3.8, 4) is 0 Å². The predicted molar refractivity (Wildman–Crippen MR) is 120 cm³/mol. The lowest BCUT2D eigenvalue weighted by Gasteiger charge is -2.33. The summed E-state index contributed by atoms with van der Waals surface area (Å²) in [6, 6.07) is 15.7. The van der Waals surface area contributed by atoms with Crippen LogP contribution in [0.2, 0.25) is 0 Å². The number of carbonyl (C=O) groups excluding carboxylic acids is 1. The molecule has 1 aliphatic heterocycles. The minimum atomic E-state index is -4.41. The van der Waals surface area contributed by atoms with Gasteiger partial charge in [0.15, 0.2) is 0 Å². The monoisotopic (exact) mass is 442 g/mol. The number of hydrogen-bond acceptors (Lipinski definition) is 2. The van der Waals surface area contributed by atoms with Gasteiger partial charge in [0.25, 0.3) is 0 Å². The van der Waals surface area contributed by atoms with E-state index in [0.717, 1.165) is 45.0 Å². The first kappa shape index (κ1) is 22.6. The number of benzene rings is 2. The van der Waals surface area contributed by atoms with Crippen LogP contribution in [0.5, 0.6) is 0 Å². The molecule has 1 saturated heterocycles. The fraction of sp³-hybridized carbons (Fsp3) is 0.423. The average Bonchev–Trinajstić information content (AvgIpc) is 3.47. The first-order valence-corrected chi connectivity index (χ1v) is 11.1. The van der Waals surface area contributed by atoms with Crippen LogP contribution in [-0.4, -0.2) is 30.4 Å². The van der Waals surface area contributed by atoms with Crippen molar-refractivity contribution in [1.29, 1.82) is 0 Å². The normalized spacial score (nSPS) is 20.9. The van der Waals surface area contributed by atoms with Crippen LogP contribution in [0.4, 0.5) is 13.2 Å². The highest BCUT2D eigenvalue weighted by molar-refractivity contribution is 5.82. The van der Waals surface area contributed by atoms with Crippen LogP contribution in [0, 0.1) is 11.3 Å². The van der Waals surface area contributed by atoms with Gasteiger partial charge in [-0.15, -0.1) is 0 Å². The molecule has 1 heterocycles. The Labute approximate surface area is 187 Å². The number of nitrogens with zero attached hydrogens (tertiary/aromatic N) is 1. The highest BCUT2D eigenvalue weighted by Crippen LogP contribution is 2.59. The van der Waals surface area contributed by atoms with E-state index in [9.17, 15) is 18.0 Å². The average molecular weight is 443 g/mol. The van der Waals surface area contributed by atoms with E-state index in [1.807, 2.05) is 18.2 Å². The van der Waals surface area contributed by atoms with Gasteiger partial charge in [-0.2, -0.15) is 13.2 Å². The van der Waals surface area contributed by atoms with E-state index < -0.39 is 11.7 Å². The molecule has 2 aromatic carbocycles. The fourth-order valence-corrected chi connectivity index (χ4v) is 4.92.